The molecule has 2 aliphatic carbocycles. The summed E-state index contributed by atoms with van der Waals surface area (Å²) in [4.78, 5) is 64.2. The lowest BCUT2D eigenvalue weighted by atomic mass is 9.74. The minimum Gasteiger partial charge on any atom is -0.496 e. The average Bonchev–Trinajstić information content (AvgIpc) is 2.81. The predicted molar refractivity (Wildman–Crippen MR) is 122 cm³/mol. The summed E-state index contributed by atoms with van der Waals surface area (Å²) >= 11 is 0. The highest BCUT2D eigenvalue weighted by Crippen LogP contribution is 2.50. The van der Waals surface area contributed by atoms with Crippen molar-refractivity contribution in [2.24, 2.45) is 5.92 Å². The fourth-order valence-corrected chi connectivity index (χ4v) is 4.85. The third-order valence-electron chi connectivity index (χ3n) is 6.35. The molecule has 0 saturated carbocycles. The number of hydrogen-bond acceptors (Lipinski definition) is 9. The van der Waals surface area contributed by atoms with Crippen LogP contribution in [0.1, 0.15) is 70.2 Å². The second-order valence-corrected chi connectivity index (χ2v) is 8.48. The van der Waals surface area contributed by atoms with Crippen LogP contribution in [0, 0.1) is 5.92 Å². The highest BCUT2D eigenvalue weighted by atomic mass is 16.5. The van der Waals surface area contributed by atoms with Crippen LogP contribution in [0.25, 0.3) is 0 Å². The van der Waals surface area contributed by atoms with Crippen molar-refractivity contribution in [1.29, 1.82) is 0 Å². The van der Waals surface area contributed by atoms with Crippen LogP contribution >= 0.6 is 0 Å². The van der Waals surface area contributed by atoms with E-state index in [0.717, 1.165) is 0 Å². The van der Waals surface area contributed by atoms with Crippen molar-refractivity contribution >= 4 is 29.3 Å². The molecule has 0 spiro atoms. The van der Waals surface area contributed by atoms with Gasteiger partial charge in [0.05, 0.1) is 36.5 Å². The molecule has 1 atom stereocenters. The van der Waals surface area contributed by atoms with Crippen molar-refractivity contribution in [2.75, 3.05) is 14.2 Å². The highest BCUT2D eigenvalue weighted by Gasteiger charge is 2.44. The molecular formula is C26H24O9. The molecule has 1 unspecified atom stereocenters. The van der Waals surface area contributed by atoms with E-state index >= 15 is 0 Å². The molecule has 0 amide bonds. The largest absolute Gasteiger partial charge is 0.496 e. The molecule has 0 saturated heterocycles. The number of methoxy groups -OCH3 is 2. The first-order valence-electron chi connectivity index (χ1n) is 11.0. The number of carbonyl (C=O) groups is 5. The number of benzene rings is 2. The minimum absolute atomic E-state index is 0.0381. The van der Waals surface area contributed by atoms with Crippen LogP contribution in [-0.4, -0.2) is 43.5 Å². The molecule has 0 bridgehead atoms. The standard InChI is InChI=1S/C26H24O9/c1-11(27)14-6-7-15-16(10-14)26(35-13(3)29)22-21(25(15)34-12(2)28)23(30)19-17(32-4)8-9-18(33-5)20(19)24(22)31/h8-9,14H,6-7,10H2,1-5H3. The Morgan fingerprint density at radius 2 is 1.20 bits per heavy atom. The van der Waals surface area contributed by atoms with Gasteiger partial charge in [0.15, 0.2) is 0 Å². The minimum atomic E-state index is -0.705. The summed E-state index contributed by atoms with van der Waals surface area (Å²) in [6.45, 7) is 3.83. The Morgan fingerprint density at radius 1 is 0.743 bits per heavy atom. The zero-order valence-corrected chi connectivity index (χ0v) is 20.0. The van der Waals surface area contributed by atoms with Crippen molar-refractivity contribution in [3.8, 4) is 23.0 Å². The Hall–Kier alpha value is -4.01. The topological polar surface area (TPSA) is 122 Å². The number of esters is 2. The molecular weight excluding hydrogens is 456 g/mol. The van der Waals surface area contributed by atoms with Gasteiger partial charge in [0.25, 0.3) is 0 Å². The van der Waals surface area contributed by atoms with Crippen molar-refractivity contribution in [3.05, 3.63) is 45.5 Å². The molecule has 2 aromatic rings. The molecule has 2 aromatic carbocycles. The zero-order chi connectivity index (χ0) is 25.6. The van der Waals surface area contributed by atoms with E-state index in [1.54, 1.807) is 0 Å². The van der Waals surface area contributed by atoms with E-state index in [0.29, 0.717) is 17.5 Å². The van der Waals surface area contributed by atoms with E-state index < -0.39 is 23.5 Å². The summed E-state index contributed by atoms with van der Waals surface area (Å²) in [5.74, 6) is -3.00. The van der Waals surface area contributed by atoms with E-state index in [1.165, 1.54) is 47.1 Å². The van der Waals surface area contributed by atoms with Crippen molar-refractivity contribution in [1.82, 2.24) is 0 Å². The van der Waals surface area contributed by atoms with Crippen LogP contribution in [0.2, 0.25) is 0 Å². The van der Waals surface area contributed by atoms with Crippen LogP contribution < -0.4 is 18.9 Å². The average molecular weight is 480 g/mol. The van der Waals surface area contributed by atoms with E-state index in [1.807, 2.05) is 0 Å². The van der Waals surface area contributed by atoms with Crippen LogP contribution in [0.5, 0.6) is 23.0 Å². The van der Waals surface area contributed by atoms with Gasteiger partial charge in [-0.2, -0.15) is 0 Å². The van der Waals surface area contributed by atoms with Gasteiger partial charge in [-0.3, -0.25) is 24.0 Å². The van der Waals surface area contributed by atoms with Gasteiger partial charge < -0.3 is 18.9 Å². The normalized spacial score (nSPS) is 16.0. The van der Waals surface area contributed by atoms with Crippen LogP contribution in [0.15, 0.2) is 12.1 Å². The maximum Gasteiger partial charge on any atom is 0.308 e. The predicted octanol–water partition coefficient (Wildman–Crippen LogP) is 3.02. The smallest absolute Gasteiger partial charge is 0.308 e. The van der Waals surface area contributed by atoms with Gasteiger partial charge in [0.1, 0.15) is 28.8 Å². The third kappa shape index (κ3) is 3.86. The van der Waals surface area contributed by atoms with Crippen molar-refractivity contribution < 1.29 is 42.9 Å². The fourth-order valence-electron chi connectivity index (χ4n) is 4.85. The van der Waals surface area contributed by atoms with Crippen LogP contribution in [-0.2, 0) is 27.2 Å². The van der Waals surface area contributed by atoms with Crippen LogP contribution in [0.3, 0.4) is 0 Å². The maximum atomic E-state index is 14.0. The number of carbonyl (C=O) groups excluding carboxylic acids is 5. The molecule has 0 heterocycles. The first-order chi connectivity index (χ1) is 16.6. The summed E-state index contributed by atoms with van der Waals surface area (Å²) in [6.07, 6.45) is 0.899. The van der Waals surface area contributed by atoms with Crippen LogP contribution in [0.4, 0.5) is 0 Å². The van der Waals surface area contributed by atoms with E-state index in [9.17, 15) is 24.0 Å². The summed E-state index contributed by atoms with van der Waals surface area (Å²) in [5, 5.41) is 0. The van der Waals surface area contributed by atoms with Crippen molar-refractivity contribution in [3.63, 3.8) is 0 Å². The van der Waals surface area contributed by atoms with Gasteiger partial charge in [-0.25, -0.2) is 0 Å². The van der Waals surface area contributed by atoms with E-state index in [2.05, 4.69) is 0 Å². The van der Waals surface area contributed by atoms with Gasteiger partial charge in [-0.15, -0.1) is 0 Å². The second kappa shape index (κ2) is 8.98. The monoisotopic (exact) mass is 480 g/mol. The van der Waals surface area contributed by atoms with Gasteiger partial charge >= 0.3 is 11.9 Å². The number of ether oxygens (including phenoxy) is 4. The maximum absolute atomic E-state index is 14.0. The quantitative estimate of drug-likeness (QED) is 0.400. The molecule has 0 aliphatic heterocycles. The second-order valence-electron chi connectivity index (χ2n) is 8.48. The molecule has 0 radical (unpaired) electrons. The summed E-state index contributed by atoms with van der Waals surface area (Å²) < 4.78 is 21.8. The lowest BCUT2D eigenvalue weighted by Gasteiger charge is -2.31. The van der Waals surface area contributed by atoms with Crippen molar-refractivity contribution in [2.45, 2.75) is 40.0 Å². The lowest BCUT2D eigenvalue weighted by molar-refractivity contribution is -0.133. The number of rotatable bonds is 5. The first kappa shape index (κ1) is 24.1. The number of fused-ring (bicyclic) bond motifs is 3. The molecule has 2 aliphatic rings. The fraction of sp³-hybridized carbons (Fsp3) is 0.346. The number of hydrogen-bond donors (Lipinski definition) is 0. The molecule has 9 nitrogen and oxygen atoms in total. The summed E-state index contributed by atoms with van der Waals surface area (Å²) in [6, 6.07) is 3.00. The molecule has 182 valence electrons. The lowest BCUT2D eigenvalue weighted by Crippen LogP contribution is -2.29. The van der Waals surface area contributed by atoms with E-state index in [-0.39, 0.29) is 69.8 Å². The SMILES string of the molecule is COc1ccc(OC)c2c1C(=O)c1c(OC(C)=O)c3c(c(OC(C)=O)c1C2=O)CC(C(C)=O)CC3. The molecule has 9 heteroatoms. The Bertz CT molecular complexity index is 1320. The molecule has 0 N–H and O–H groups in total. The Morgan fingerprint density at radius 3 is 1.60 bits per heavy atom. The Labute approximate surface area is 201 Å². The molecule has 0 aromatic heterocycles. The Balaban J connectivity index is 2.14. The van der Waals surface area contributed by atoms with Gasteiger partial charge in [-0.1, -0.05) is 0 Å². The molecule has 0 fully saturated rings. The number of Topliss-reactive ketones (excluding diaryl/α,β-unsaturated/α-hetero) is 1. The summed E-state index contributed by atoms with van der Waals surface area (Å²) in [7, 11) is 2.72. The van der Waals surface area contributed by atoms with Gasteiger partial charge in [-0.05, 0) is 38.3 Å². The van der Waals surface area contributed by atoms with Gasteiger partial charge in [0, 0.05) is 30.9 Å². The van der Waals surface area contributed by atoms with E-state index in [4.69, 9.17) is 18.9 Å². The zero-order valence-electron chi connectivity index (χ0n) is 20.0. The summed E-state index contributed by atoms with van der Waals surface area (Å²) in [5.41, 5.74) is 0.380. The van der Waals surface area contributed by atoms with Gasteiger partial charge in [0.2, 0.25) is 11.6 Å². The first-order valence-corrected chi connectivity index (χ1v) is 11.0. The molecule has 4 rings (SSSR count). The Kier molecular flexibility index (Phi) is 6.19. The highest BCUT2D eigenvalue weighted by molar-refractivity contribution is 6.32. The number of ketones is 3. The third-order valence-corrected chi connectivity index (χ3v) is 6.35. The molecule has 35 heavy (non-hydrogen) atoms.